The summed E-state index contributed by atoms with van der Waals surface area (Å²) in [4.78, 5) is 60.9. The number of alkyl halides is 15. The number of nitrogens with one attached hydrogen (secondary N) is 2. The van der Waals surface area contributed by atoms with Gasteiger partial charge >= 0.3 is 24.5 Å². The molecule has 0 radical (unpaired) electrons. The normalized spacial score (nSPS) is 17.2. The molecule has 3 fully saturated rings. The predicted octanol–water partition coefficient (Wildman–Crippen LogP) is 13.0. The number of Topliss-reactive ketones (excluding diaryl/α,β-unsaturated/α-hetero) is 1. The molecule has 0 saturated heterocycles. The molecule has 0 spiro atoms. The highest BCUT2D eigenvalue weighted by Gasteiger charge is 2.62. The zero-order valence-corrected chi connectivity index (χ0v) is 49.1. The Hall–Kier alpha value is -9.53. The average Bonchev–Trinajstić information content (AvgIpc) is 1.61. The molecule has 0 aromatic carbocycles. The zero-order valence-electron chi connectivity index (χ0n) is 49.1. The van der Waals surface area contributed by atoms with Crippen LogP contribution in [0.25, 0.3) is 39.4 Å². The van der Waals surface area contributed by atoms with Gasteiger partial charge in [0.05, 0.1) is 66.4 Å². The van der Waals surface area contributed by atoms with Crippen molar-refractivity contribution in [1.82, 2.24) is 54.5 Å². The smallest absolute Gasteiger partial charge is 0.427 e. The van der Waals surface area contributed by atoms with Crippen molar-refractivity contribution < 1.29 is 118 Å². The summed E-state index contributed by atoms with van der Waals surface area (Å²) in [6.07, 6.45) is -4.50. The van der Waals surface area contributed by atoms with Crippen LogP contribution in [0.15, 0.2) is 74.0 Å². The zero-order chi connectivity index (χ0) is 70.7. The van der Waals surface area contributed by atoms with Gasteiger partial charge in [-0.3, -0.25) is 33.7 Å². The summed E-state index contributed by atoms with van der Waals surface area (Å²) < 4.78 is 249. The Balaban J connectivity index is 0.000000280. The number of nitrogen functional groups attached to an aromatic ring is 1. The number of rotatable bonds is 16. The molecule has 3 aliphatic carbocycles. The first-order valence-electron chi connectivity index (χ1n) is 26.5. The van der Waals surface area contributed by atoms with E-state index >= 15 is 0 Å². The van der Waals surface area contributed by atoms with Crippen LogP contribution in [0.5, 0.6) is 17.6 Å². The van der Waals surface area contributed by atoms with E-state index in [0.29, 0.717) is 5.82 Å². The number of halogens is 18. The second-order valence-corrected chi connectivity index (χ2v) is 21.9. The van der Waals surface area contributed by atoms with E-state index in [4.69, 9.17) is 20.9 Å². The van der Waals surface area contributed by atoms with Crippen LogP contribution in [-0.4, -0.2) is 142 Å². The second kappa shape index (κ2) is 29.2. The van der Waals surface area contributed by atoms with Crippen molar-refractivity contribution in [3.63, 3.8) is 0 Å². The van der Waals surface area contributed by atoms with Gasteiger partial charge in [0.2, 0.25) is 0 Å². The largest absolute Gasteiger partial charge is 0.481 e. The minimum absolute atomic E-state index is 0. The number of aliphatic carboxylic acids is 2. The number of pyridine rings is 3. The van der Waals surface area contributed by atoms with Crippen LogP contribution in [0.4, 0.5) is 90.7 Å². The number of carbonyl (C=O) groups excluding carboxylic acids is 1. The molecule has 6 N–H and O–H groups in total. The van der Waals surface area contributed by atoms with Crippen molar-refractivity contribution in [2.75, 3.05) is 17.3 Å². The summed E-state index contributed by atoms with van der Waals surface area (Å²) in [6.45, 7) is 5.30. The van der Waals surface area contributed by atoms with Crippen molar-refractivity contribution in [3.8, 4) is 51.4 Å². The Morgan fingerprint density at radius 1 is 0.542 bits per heavy atom. The van der Waals surface area contributed by atoms with E-state index in [9.17, 15) is 88.6 Å². The number of hydrogen-bond donors (Lipinski definition) is 5. The number of aromatic nitrogens is 11. The van der Waals surface area contributed by atoms with Crippen molar-refractivity contribution >= 4 is 35.0 Å². The lowest BCUT2D eigenvalue weighted by molar-refractivity contribution is -0.236. The Labute approximate surface area is 531 Å². The van der Waals surface area contributed by atoms with Crippen molar-refractivity contribution in [3.05, 3.63) is 97.2 Å². The molecular weight excluding hydrogens is 1340 g/mol. The highest BCUT2D eigenvalue weighted by molar-refractivity contribution is 5.88. The lowest BCUT2D eigenvalue weighted by Gasteiger charge is -2.28. The molecular formula is C56H58F18N14O8. The number of carbonyl (C=O) groups is 3. The van der Waals surface area contributed by atoms with Crippen LogP contribution in [0.1, 0.15) is 94.3 Å². The van der Waals surface area contributed by atoms with Gasteiger partial charge in [0, 0.05) is 67.7 Å². The fraction of sp³-hybridized carbons (Fsp3) is 0.446. The molecule has 3 unspecified atom stereocenters. The van der Waals surface area contributed by atoms with E-state index in [2.05, 4.69) is 75.0 Å². The molecule has 3 aliphatic rings. The van der Waals surface area contributed by atoms with Gasteiger partial charge < -0.3 is 35.2 Å². The third-order valence-electron chi connectivity index (χ3n) is 13.1. The molecule has 0 amide bonds. The van der Waals surface area contributed by atoms with Gasteiger partial charge in [0.15, 0.2) is 51.5 Å². The van der Waals surface area contributed by atoms with Gasteiger partial charge in [-0.2, -0.15) is 39.5 Å². The molecule has 3 atom stereocenters. The highest BCUT2D eigenvalue weighted by atomic mass is 19.4. The summed E-state index contributed by atoms with van der Waals surface area (Å²) in [7, 11) is 0. The maximum atomic E-state index is 14.3. The quantitative estimate of drug-likeness (QED) is 0.0341. The first-order chi connectivity index (χ1) is 43.1. The Morgan fingerprint density at radius 3 is 1.19 bits per heavy atom. The molecule has 7 aromatic rings. The van der Waals surface area contributed by atoms with Crippen molar-refractivity contribution in [2.24, 2.45) is 17.7 Å². The van der Waals surface area contributed by atoms with Crippen LogP contribution in [0.3, 0.4) is 0 Å². The number of ketones is 1. The lowest BCUT2D eigenvalue weighted by Crippen LogP contribution is -2.45. The van der Waals surface area contributed by atoms with Crippen molar-refractivity contribution in [2.45, 2.75) is 142 Å². The summed E-state index contributed by atoms with van der Waals surface area (Å²) >= 11 is 0. The van der Waals surface area contributed by atoms with Gasteiger partial charge in [0.1, 0.15) is 17.6 Å². The number of hydrazine groups is 1. The lowest BCUT2D eigenvalue weighted by atomic mass is 10.1. The number of nitrogens with two attached hydrogens (primary N) is 1. The second-order valence-electron chi connectivity index (χ2n) is 21.9. The third-order valence-corrected chi connectivity index (χ3v) is 13.1. The van der Waals surface area contributed by atoms with Crippen LogP contribution >= 0.6 is 0 Å². The molecule has 7 heterocycles. The van der Waals surface area contributed by atoms with Gasteiger partial charge in [0.25, 0.3) is 41.4 Å². The number of carboxylic acids is 2. The molecule has 96 heavy (non-hydrogen) atoms. The van der Waals surface area contributed by atoms with Crippen LogP contribution in [-0.2, 0) is 14.4 Å². The Bertz CT molecular complexity index is 3860. The number of ether oxygens (including phenoxy) is 3. The van der Waals surface area contributed by atoms with E-state index in [0.717, 1.165) is 85.3 Å². The molecule has 40 heteroatoms. The van der Waals surface area contributed by atoms with Crippen LogP contribution in [0.2, 0.25) is 0 Å². The topological polar surface area (TPSA) is 303 Å². The minimum Gasteiger partial charge on any atom is -0.481 e. The molecule has 0 bridgehead atoms. The van der Waals surface area contributed by atoms with Gasteiger partial charge in [-0.15, -0.1) is 10.2 Å². The summed E-state index contributed by atoms with van der Waals surface area (Å²) in [6, 6.07) is 2.76. The maximum Gasteiger partial charge on any atom is 0.427 e. The third kappa shape index (κ3) is 20.0. The first-order valence-corrected chi connectivity index (χ1v) is 26.5. The standard InChI is InChI=1S/C18H16F6N4O2.C17H13F6N5O.C13H13F4N5O.C4H4F2O2.C2H4O2.2CH4/c1-16(2,18(22,23)24)30-15-11(19)3-9(5-28-15)12-6-26-14(8-25-12)27-7-13(29)10-4-17(10,20)21;1-15(2,17(21,22)23)29-14-10(18)3-8(5-25-14)11-7-28-12(6-24-11)26-27-13(28)9-4-16(9,19)20;1-12(2,13(15,16)17)23-11-8(14)3-7(4-21-11)9-5-20-10(22-18)6-19-9;5-4(6)1-2(4)3(7)8;1-2(3)4;;/h3,5-6,8,10H,4,7H2,1-2H3,(H,26,27);3,5-7,9H,4H2,1-2H3;3-6H,18H2,1-2H3,(H,20,22);2H,1H2,(H,7,8);1H3,(H,3,4);2*1H4. The number of fused-ring (bicyclic) bond motifs is 1. The monoisotopic (exact) mass is 1400 g/mol. The Morgan fingerprint density at radius 2 is 0.896 bits per heavy atom. The van der Waals surface area contributed by atoms with E-state index in [1.54, 1.807) is 0 Å². The average molecular weight is 1400 g/mol. The number of nitrogens with zero attached hydrogens (tertiary/aromatic N) is 11. The minimum atomic E-state index is -4.73. The van der Waals surface area contributed by atoms with E-state index in [1.165, 1.54) is 41.6 Å². The number of hydrogen-bond acceptors (Lipinski definition) is 19. The van der Waals surface area contributed by atoms with E-state index < -0.39 is 137 Å². The predicted molar refractivity (Wildman–Crippen MR) is 301 cm³/mol. The first kappa shape index (κ1) is 78.9. The van der Waals surface area contributed by atoms with E-state index in [-0.39, 0.29) is 78.9 Å². The fourth-order valence-corrected chi connectivity index (χ4v) is 6.98. The molecule has 0 aliphatic heterocycles. The van der Waals surface area contributed by atoms with E-state index in [1.807, 2.05) is 0 Å². The van der Waals surface area contributed by atoms with Gasteiger partial charge in [-0.25, -0.2) is 70.3 Å². The molecule has 7 aromatic heterocycles. The highest BCUT2D eigenvalue weighted by Crippen LogP contribution is 2.55. The molecule has 3 saturated carbocycles. The maximum absolute atomic E-state index is 14.3. The molecule has 22 nitrogen and oxygen atoms in total. The summed E-state index contributed by atoms with van der Waals surface area (Å²) in [5.74, 6) is -15.4. The molecule has 10 rings (SSSR count). The number of carboxylic acid groups (broad SMARTS) is 2. The summed E-state index contributed by atoms with van der Waals surface area (Å²) in [5, 5.41) is 25.4. The summed E-state index contributed by atoms with van der Waals surface area (Å²) in [5.41, 5.74) is -4.32. The van der Waals surface area contributed by atoms with Gasteiger partial charge in [-0.1, -0.05) is 14.9 Å². The van der Waals surface area contributed by atoms with Crippen molar-refractivity contribution in [1.29, 1.82) is 0 Å². The fourth-order valence-electron chi connectivity index (χ4n) is 6.98. The SMILES string of the molecule is C.C.CC(=O)O.CC(C)(Oc1ncc(-c2cn3c(C4CC4(F)F)nnc3cn2)cc1F)C(F)(F)F.CC(C)(Oc1ncc(-c2cnc(NCC(=O)C3CC3(F)F)cn2)cc1F)C(F)(F)F.CC(C)(Oc1ncc(-c2cnc(NN)cn2)cc1F)C(F)(F)F.O=C(O)C1CC1(F)F. The van der Waals surface area contributed by atoms with Crippen LogP contribution < -0.4 is 30.8 Å². The van der Waals surface area contributed by atoms with Crippen LogP contribution in [0, 0.1) is 29.3 Å². The van der Waals surface area contributed by atoms with Gasteiger partial charge in [-0.05, 0) is 59.7 Å². The Kier molecular flexibility index (Phi) is 24.0. The molecule has 526 valence electrons. The number of anilines is 2.